The number of carboxylic acids is 1. The zero-order valence-electron chi connectivity index (χ0n) is 7.51. The first-order chi connectivity index (χ1) is 5.72. The van der Waals surface area contributed by atoms with Gasteiger partial charge < -0.3 is 9.90 Å². The van der Waals surface area contributed by atoms with E-state index in [4.69, 9.17) is 0 Å². The molecule has 0 saturated heterocycles. The molecular weight excluding hydrogens is 152 g/mol. The van der Waals surface area contributed by atoms with E-state index in [9.17, 15) is 9.90 Å². The third-order valence-corrected chi connectivity index (χ3v) is 2.45. The number of hydrogen-bond donors (Lipinski definition) is 0. The van der Waals surface area contributed by atoms with Crippen LogP contribution in [0.15, 0.2) is 11.6 Å². The highest BCUT2D eigenvalue weighted by Crippen LogP contribution is 2.38. The minimum Gasteiger partial charge on any atom is -0.550 e. The molecule has 1 unspecified atom stereocenters. The molecule has 2 heteroatoms. The summed E-state index contributed by atoms with van der Waals surface area (Å²) in [6, 6.07) is 0. The Morgan fingerprint density at radius 3 is 2.50 bits per heavy atom. The zero-order valence-corrected chi connectivity index (χ0v) is 7.51. The average Bonchev–Trinajstić information content (AvgIpc) is 2.67. The number of rotatable bonds is 1. The van der Waals surface area contributed by atoms with Crippen LogP contribution in [0.2, 0.25) is 0 Å². The molecule has 2 aliphatic carbocycles. The van der Waals surface area contributed by atoms with Crippen molar-refractivity contribution in [2.24, 2.45) is 5.92 Å². The van der Waals surface area contributed by atoms with Crippen LogP contribution in [-0.2, 0) is 4.79 Å². The number of carbonyl (C=O) groups excluding carboxylic acids is 1. The van der Waals surface area contributed by atoms with Crippen molar-refractivity contribution in [3.05, 3.63) is 11.6 Å². The van der Waals surface area contributed by atoms with E-state index in [1.807, 2.05) is 0 Å². The van der Waals surface area contributed by atoms with E-state index in [2.05, 4.69) is 6.08 Å². The second-order valence-corrected chi connectivity index (χ2v) is 3.43. The summed E-state index contributed by atoms with van der Waals surface area (Å²) in [5, 5.41) is 9.26. The van der Waals surface area contributed by atoms with Crippen LogP contribution in [0.5, 0.6) is 0 Å². The molecular formula is C10H15O2-. The van der Waals surface area contributed by atoms with E-state index in [0.29, 0.717) is 0 Å². The van der Waals surface area contributed by atoms with Gasteiger partial charge in [-0.1, -0.05) is 18.6 Å². The van der Waals surface area contributed by atoms with Gasteiger partial charge in [0.25, 0.3) is 0 Å². The Balaban J connectivity index is 0.000000130. The van der Waals surface area contributed by atoms with Crippen LogP contribution in [0, 0.1) is 5.92 Å². The molecule has 2 aliphatic rings. The van der Waals surface area contributed by atoms with Gasteiger partial charge in [-0.15, -0.1) is 0 Å². The number of carbonyl (C=O) groups is 1. The normalized spacial score (nSPS) is 24.4. The van der Waals surface area contributed by atoms with Gasteiger partial charge in [-0.25, -0.2) is 0 Å². The topological polar surface area (TPSA) is 40.1 Å². The highest BCUT2D eigenvalue weighted by Gasteiger charge is 2.22. The number of hydrogen-bond acceptors (Lipinski definition) is 2. The fourth-order valence-electron chi connectivity index (χ4n) is 1.68. The van der Waals surface area contributed by atoms with E-state index in [1.165, 1.54) is 32.6 Å². The first-order valence-corrected chi connectivity index (χ1v) is 4.60. The molecule has 0 aromatic rings. The van der Waals surface area contributed by atoms with Crippen molar-refractivity contribution in [1.29, 1.82) is 0 Å². The SMILES string of the molecule is C1=C2CCC(C1)C2.CCC(=O)[O-]. The Morgan fingerprint density at radius 2 is 2.42 bits per heavy atom. The second kappa shape index (κ2) is 4.29. The van der Waals surface area contributed by atoms with Gasteiger partial charge in [-0.05, 0) is 38.0 Å². The molecule has 68 valence electrons. The third kappa shape index (κ3) is 2.68. The Labute approximate surface area is 73.3 Å². The molecule has 0 aromatic carbocycles. The quantitative estimate of drug-likeness (QED) is 0.552. The Morgan fingerprint density at radius 1 is 1.75 bits per heavy atom. The lowest BCUT2D eigenvalue weighted by atomic mass is 10.1. The summed E-state index contributed by atoms with van der Waals surface area (Å²) in [7, 11) is 0. The summed E-state index contributed by atoms with van der Waals surface area (Å²) in [5.74, 6) is 0.0833. The van der Waals surface area contributed by atoms with Gasteiger partial charge in [0.2, 0.25) is 0 Å². The minimum absolute atomic E-state index is 0.111. The van der Waals surface area contributed by atoms with Gasteiger partial charge in [0.15, 0.2) is 0 Å². The molecule has 0 N–H and O–H groups in total. The molecule has 0 radical (unpaired) electrons. The van der Waals surface area contributed by atoms with Crippen LogP contribution in [0.25, 0.3) is 0 Å². The van der Waals surface area contributed by atoms with Crippen LogP contribution in [0.3, 0.4) is 0 Å². The molecule has 1 saturated carbocycles. The zero-order chi connectivity index (χ0) is 8.97. The van der Waals surface area contributed by atoms with E-state index in [1.54, 1.807) is 5.57 Å². The average molecular weight is 167 g/mol. The Bertz CT molecular complexity index is 194. The maximum absolute atomic E-state index is 9.26. The lowest BCUT2D eigenvalue weighted by molar-refractivity contribution is -0.305. The molecule has 2 bridgehead atoms. The molecule has 2 nitrogen and oxygen atoms in total. The number of allylic oxidation sites excluding steroid dienone is 2. The predicted molar refractivity (Wildman–Crippen MR) is 45.3 cm³/mol. The van der Waals surface area contributed by atoms with Gasteiger partial charge >= 0.3 is 0 Å². The summed E-state index contributed by atoms with van der Waals surface area (Å²) in [6.07, 6.45) is 8.29. The van der Waals surface area contributed by atoms with Crippen molar-refractivity contribution < 1.29 is 9.90 Å². The van der Waals surface area contributed by atoms with Crippen molar-refractivity contribution in [2.45, 2.75) is 39.0 Å². The molecule has 0 amide bonds. The van der Waals surface area contributed by atoms with E-state index < -0.39 is 5.97 Å². The van der Waals surface area contributed by atoms with Gasteiger partial charge in [0, 0.05) is 5.97 Å². The second-order valence-electron chi connectivity index (χ2n) is 3.43. The van der Waals surface area contributed by atoms with E-state index in [-0.39, 0.29) is 6.42 Å². The van der Waals surface area contributed by atoms with Crippen molar-refractivity contribution in [3.8, 4) is 0 Å². The maximum Gasteiger partial charge on any atom is 0.0411 e. The molecule has 1 atom stereocenters. The summed E-state index contributed by atoms with van der Waals surface area (Å²) in [6.45, 7) is 1.54. The first kappa shape index (κ1) is 9.30. The predicted octanol–water partition coefficient (Wildman–Crippen LogP) is 1.26. The molecule has 2 rings (SSSR count). The molecule has 0 spiro atoms. The molecule has 0 aromatic heterocycles. The van der Waals surface area contributed by atoms with Gasteiger partial charge in [-0.2, -0.15) is 0 Å². The lowest BCUT2D eigenvalue weighted by Gasteiger charge is -1.98. The van der Waals surface area contributed by atoms with Crippen molar-refractivity contribution in [2.75, 3.05) is 0 Å². The monoisotopic (exact) mass is 167 g/mol. The summed E-state index contributed by atoms with van der Waals surface area (Å²) >= 11 is 0. The van der Waals surface area contributed by atoms with Crippen molar-refractivity contribution in [3.63, 3.8) is 0 Å². The van der Waals surface area contributed by atoms with Gasteiger partial charge in [0.1, 0.15) is 0 Å². The van der Waals surface area contributed by atoms with E-state index in [0.717, 1.165) is 5.92 Å². The van der Waals surface area contributed by atoms with Crippen LogP contribution in [-0.4, -0.2) is 5.97 Å². The summed E-state index contributed by atoms with van der Waals surface area (Å²) < 4.78 is 0. The third-order valence-electron chi connectivity index (χ3n) is 2.45. The van der Waals surface area contributed by atoms with Gasteiger partial charge in [0.05, 0.1) is 0 Å². The van der Waals surface area contributed by atoms with Crippen LogP contribution >= 0.6 is 0 Å². The summed E-state index contributed by atoms with van der Waals surface area (Å²) in [4.78, 5) is 9.26. The Kier molecular flexibility index (Phi) is 3.32. The lowest BCUT2D eigenvalue weighted by Crippen LogP contribution is -2.19. The molecule has 0 heterocycles. The first-order valence-electron chi connectivity index (χ1n) is 4.60. The minimum atomic E-state index is -0.995. The van der Waals surface area contributed by atoms with Crippen LogP contribution < -0.4 is 5.11 Å². The molecule has 12 heavy (non-hydrogen) atoms. The molecule has 1 fully saturated rings. The standard InChI is InChI=1S/C7H10.C3H6O2/c1-2-7-4-3-6(1)5-7;1-2-3(4)5/h1,7H,2-5H2;2H2,1H3,(H,4,5)/p-1. The highest BCUT2D eigenvalue weighted by atomic mass is 16.4. The maximum atomic E-state index is 9.26. The number of aliphatic carboxylic acids is 1. The fourth-order valence-corrected chi connectivity index (χ4v) is 1.68. The highest BCUT2D eigenvalue weighted by molar-refractivity contribution is 5.63. The number of fused-ring (bicyclic) bond motifs is 2. The largest absolute Gasteiger partial charge is 0.550 e. The summed E-state index contributed by atoms with van der Waals surface area (Å²) in [5.41, 5.74) is 1.74. The van der Waals surface area contributed by atoms with Crippen molar-refractivity contribution in [1.82, 2.24) is 0 Å². The molecule has 0 aliphatic heterocycles. The van der Waals surface area contributed by atoms with E-state index >= 15 is 0 Å². The van der Waals surface area contributed by atoms with Crippen molar-refractivity contribution >= 4 is 5.97 Å². The van der Waals surface area contributed by atoms with Crippen LogP contribution in [0.1, 0.15) is 39.0 Å². The number of carboxylic acid groups (broad SMARTS) is 1. The smallest absolute Gasteiger partial charge is 0.0411 e. The van der Waals surface area contributed by atoms with Crippen LogP contribution in [0.4, 0.5) is 0 Å². The van der Waals surface area contributed by atoms with Gasteiger partial charge in [-0.3, -0.25) is 0 Å². The Hall–Kier alpha value is -0.790. The fraction of sp³-hybridized carbons (Fsp3) is 0.700.